The summed E-state index contributed by atoms with van der Waals surface area (Å²) < 4.78 is 1.38. The van der Waals surface area contributed by atoms with E-state index in [1.807, 2.05) is 0 Å². The predicted octanol–water partition coefficient (Wildman–Crippen LogP) is 1.43. The molecular formula is C18H13N7O2. The maximum absolute atomic E-state index is 12.8. The minimum Gasteiger partial charge on any atom is -0.319 e. The van der Waals surface area contributed by atoms with Crippen LogP contribution in [0.5, 0.6) is 0 Å². The lowest BCUT2D eigenvalue weighted by Crippen LogP contribution is -2.22. The number of nitrogens with one attached hydrogen (secondary N) is 1. The van der Waals surface area contributed by atoms with Crippen LogP contribution < -0.4 is 10.9 Å². The standard InChI is InChI=1S/C18H13N7O2/c1-25-16(15-21-6-3-7-22-15)24-14-11(18(25)27)4-2-5-12(14)23-17(26)13-10-19-8-9-20-13/h2-10H,1H3,(H,23,26). The van der Waals surface area contributed by atoms with Crippen molar-refractivity contribution in [2.75, 3.05) is 5.32 Å². The van der Waals surface area contributed by atoms with Crippen molar-refractivity contribution >= 4 is 22.5 Å². The summed E-state index contributed by atoms with van der Waals surface area (Å²) in [6, 6.07) is 6.67. The van der Waals surface area contributed by atoms with Crippen LogP contribution in [-0.4, -0.2) is 35.4 Å². The fourth-order valence-corrected chi connectivity index (χ4v) is 2.61. The van der Waals surface area contributed by atoms with E-state index in [0.29, 0.717) is 28.2 Å². The number of anilines is 1. The van der Waals surface area contributed by atoms with Gasteiger partial charge in [-0.2, -0.15) is 0 Å². The Balaban J connectivity index is 1.86. The van der Waals surface area contributed by atoms with Gasteiger partial charge in [-0.25, -0.2) is 19.9 Å². The Morgan fingerprint density at radius 3 is 2.59 bits per heavy atom. The molecule has 4 aromatic rings. The second-order valence-electron chi connectivity index (χ2n) is 5.62. The number of aromatic nitrogens is 6. The van der Waals surface area contributed by atoms with Crippen molar-refractivity contribution in [3.05, 3.63) is 71.3 Å². The highest BCUT2D eigenvalue weighted by Gasteiger charge is 2.16. The van der Waals surface area contributed by atoms with Gasteiger partial charge in [-0.1, -0.05) is 6.07 Å². The molecule has 9 heteroatoms. The van der Waals surface area contributed by atoms with Gasteiger partial charge in [0.25, 0.3) is 11.5 Å². The van der Waals surface area contributed by atoms with E-state index in [1.54, 1.807) is 43.7 Å². The Morgan fingerprint density at radius 1 is 1.04 bits per heavy atom. The molecule has 0 aliphatic heterocycles. The van der Waals surface area contributed by atoms with E-state index in [9.17, 15) is 9.59 Å². The number of hydrogen-bond acceptors (Lipinski definition) is 7. The lowest BCUT2D eigenvalue weighted by Gasteiger charge is -2.11. The van der Waals surface area contributed by atoms with Crippen LogP contribution in [0, 0.1) is 0 Å². The third kappa shape index (κ3) is 3.01. The minimum atomic E-state index is -0.449. The van der Waals surface area contributed by atoms with E-state index in [-0.39, 0.29) is 11.3 Å². The third-order valence-corrected chi connectivity index (χ3v) is 3.92. The highest BCUT2D eigenvalue weighted by atomic mass is 16.2. The van der Waals surface area contributed by atoms with E-state index in [1.165, 1.54) is 23.2 Å². The van der Waals surface area contributed by atoms with Gasteiger partial charge in [0.15, 0.2) is 11.6 Å². The predicted molar refractivity (Wildman–Crippen MR) is 98.0 cm³/mol. The highest BCUT2D eigenvalue weighted by molar-refractivity contribution is 6.07. The molecule has 0 bridgehead atoms. The summed E-state index contributed by atoms with van der Waals surface area (Å²) in [5.41, 5.74) is 0.626. The summed E-state index contributed by atoms with van der Waals surface area (Å²) in [5.74, 6) is 0.166. The molecule has 1 amide bonds. The summed E-state index contributed by atoms with van der Waals surface area (Å²) in [6.45, 7) is 0. The van der Waals surface area contributed by atoms with E-state index < -0.39 is 5.91 Å². The molecule has 27 heavy (non-hydrogen) atoms. The quantitative estimate of drug-likeness (QED) is 0.588. The number of nitrogens with zero attached hydrogens (tertiary/aromatic N) is 6. The Kier molecular flexibility index (Phi) is 4.09. The van der Waals surface area contributed by atoms with Crippen molar-refractivity contribution in [2.45, 2.75) is 0 Å². The Bertz CT molecular complexity index is 1190. The number of benzene rings is 1. The Morgan fingerprint density at radius 2 is 1.85 bits per heavy atom. The van der Waals surface area contributed by atoms with Crippen LogP contribution >= 0.6 is 0 Å². The molecule has 0 aliphatic carbocycles. The summed E-state index contributed by atoms with van der Waals surface area (Å²) in [6.07, 6.45) is 7.40. The van der Waals surface area contributed by atoms with Crippen molar-refractivity contribution in [3.63, 3.8) is 0 Å². The maximum atomic E-state index is 12.8. The smallest absolute Gasteiger partial charge is 0.275 e. The second-order valence-corrected chi connectivity index (χ2v) is 5.62. The lowest BCUT2D eigenvalue weighted by molar-refractivity contribution is 0.102. The molecule has 1 N–H and O–H groups in total. The number of hydrogen-bond donors (Lipinski definition) is 1. The van der Waals surface area contributed by atoms with Gasteiger partial charge in [-0.3, -0.25) is 19.1 Å². The SMILES string of the molecule is Cn1c(-c2ncccn2)nc2c(NC(=O)c3cnccn3)cccc2c1=O. The van der Waals surface area contributed by atoms with Crippen molar-refractivity contribution in [3.8, 4) is 11.6 Å². The number of para-hydroxylation sites is 1. The van der Waals surface area contributed by atoms with Crippen LogP contribution in [0.15, 0.2) is 60.0 Å². The zero-order chi connectivity index (χ0) is 18.8. The molecule has 4 rings (SSSR count). The van der Waals surface area contributed by atoms with Gasteiger partial charge in [0.05, 0.1) is 17.3 Å². The van der Waals surface area contributed by atoms with Crippen LogP contribution in [-0.2, 0) is 7.05 Å². The molecular weight excluding hydrogens is 346 g/mol. The number of carbonyl (C=O) groups excluding carboxylic acids is 1. The number of fused-ring (bicyclic) bond motifs is 1. The van der Waals surface area contributed by atoms with Crippen LogP contribution in [0.2, 0.25) is 0 Å². The average molecular weight is 359 g/mol. The van der Waals surface area contributed by atoms with Crippen molar-refractivity contribution in [1.29, 1.82) is 0 Å². The highest BCUT2D eigenvalue weighted by Crippen LogP contribution is 2.22. The minimum absolute atomic E-state index is 0.157. The molecule has 0 radical (unpaired) electrons. The zero-order valence-corrected chi connectivity index (χ0v) is 14.2. The van der Waals surface area contributed by atoms with E-state index in [2.05, 4.69) is 30.2 Å². The summed E-state index contributed by atoms with van der Waals surface area (Å²) in [5, 5.41) is 3.10. The van der Waals surface area contributed by atoms with Crippen LogP contribution in [0.3, 0.4) is 0 Å². The maximum Gasteiger partial charge on any atom is 0.275 e. The summed E-state index contributed by atoms with van der Waals surface area (Å²) in [7, 11) is 1.60. The molecule has 3 aromatic heterocycles. The van der Waals surface area contributed by atoms with Gasteiger partial charge in [0, 0.05) is 31.8 Å². The van der Waals surface area contributed by atoms with E-state index in [4.69, 9.17) is 0 Å². The molecule has 0 saturated carbocycles. The molecule has 1 aromatic carbocycles. The number of amides is 1. The molecule has 0 saturated heterocycles. The molecule has 0 aliphatic rings. The average Bonchev–Trinajstić information content (AvgIpc) is 2.72. The van der Waals surface area contributed by atoms with Gasteiger partial charge in [0.1, 0.15) is 11.2 Å². The summed E-state index contributed by atoms with van der Waals surface area (Å²) >= 11 is 0. The molecule has 0 atom stereocenters. The number of rotatable bonds is 3. The van der Waals surface area contributed by atoms with Gasteiger partial charge >= 0.3 is 0 Å². The van der Waals surface area contributed by atoms with Crippen molar-refractivity contribution in [2.24, 2.45) is 7.05 Å². The number of carbonyl (C=O) groups is 1. The molecule has 3 heterocycles. The van der Waals surface area contributed by atoms with Gasteiger partial charge in [0.2, 0.25) is 0 Å². The monoisotopic (exact) mass is 359 g/mol. The van der Waals surface area contributed by atoms with Crippen LogP contribution in [0.4, 0.5) is 5.69 Å². The molecule has 132 valence electrons. The first-order valence-corrected chi connectivity index (χ1v) is 7.99. The Labute approximate surface area is 152 Å². The molecule has 0 unspecified atom stereocenters. The topological polar surface area (TPSA) is 116 Å². The fraction of sp³-hybridized carbons (Fsp3) is 0.0556. The van der Waals surface area contributed by atoms with Crippen molar-refractivity contribution in [1.82, 2.24) is 29.5 Å². The first-order chi connectivity index (χ1) is 13.1. The van der Waals surface area contributed by atoms with Gasteiger partial charge in [-0.05, 0) is 18.2 Å². The van der Waals surface area contributed by atoms with Gasteiger partial charge in [-0.15, -0.1) is 0 Å². The van der Waals surface area contributed by atoms with Crippen LogP contribution in [0.1, 0.15) is 10.5 Å². The molecule has 0 fully saturated rings. The second kappa shape index (κ2) is 6.71. The van der Waals surface area contributed by atoms with E-state index in [0.717, 1.165) is 0 Å². The molecule has 0 spiro atoms. The first-order valence-electron chi connectivity index (χ1n) is 7.99. The lowest BCUT2D eigenvalue weighted by atomic mass is 10.2. The van der Waals surface area contributed by atoms with Gasteiger partial charge < -0.3 is 5.32 Å². The van der Waals surface area contributed by atoms with E-state index >= 15 is 0 Å². The largest absolute Gasteiger partial charge is 0.319 e. The molecule has 9 nitrogen and oxygen atoms in total. The normalized spacial score (nSPS) is 10.7. The third-order valence-electron chi connectivity index (χ3n) is 3.92. The Hall–Kier alpha value is -4.01. The zero-order valence-electron chi connectivity index (χ0n) is 14.2. The van der Waals surface area contributed by atoms with Crippen LogP contribution in [0.25, 0.3) is 22.6 Å². The van der Waals surface area contributed by atoms with Crippen molar-refractivity contribution < 1.29 is 4.79 Å². The fourth-order valence-electron chi connectivity index (χ4n) is 2.61. The summed E-state index contributed by atoms with van der Waals surface area (Å²) in [4.78, 5) is 45.9. The first kappa shape index (κ1) is 16.5.